The number of rotatable bonds is 4. The Balaban J connectivity index is 1.49. The Kier molecular flexibility index (Phi) is 4.32. The first kappa shape index (κ1) is 16.2. The molecule has 4 nitrogen and oxygen atoms in total. The van der Waals surface area contributed by atoms with Crippen molar-refractivity contribution < 1.29 is 9.53 Å². The Hall–Kier alpha value is -3.27. The van der Waals surface area contributed by atoms with Gasteiger partial charge in [0.1, 0.15) is 18.5 Å². The molecule has 1 aliphatic heterocycles. The predicted octanol–water partition coefficient (Wildman–Crippen LogP) is 4.43. The third-order valence-corrected chi connectivity index (χ3v) is 4.46. The second-order valence-electron chi connectivity index (χ2n) is 6.44. The summed E-state index contributed by atoms with van der Waals surface area (Å²) in [5.41, 5.74) is 4.81. The van der Waals surface area contributed by atoms with E-state index in [1.54, 1.807) is 0 Å². The van der Waals surface area contributed by atoms with Crippen molar-refractivity contribution in [2.45, 2.75) is 19.7 Å². The molecule has 3 aromatic rings. The van der Waals surface area contributed by atoms with Gasteiger partial charge in [0.2, 0.25) is 0 Å². The number of amides is 1. The van der Waals surface area contributed by atoms with Gasteiger partial charge >= 0.3 is 0 Å². The number of benzene rings is 3. The SMILES string of the molecule is Cc1ccc(COc2cccc(C3NC(=O)c4ccccc4N3)c2)cc1. The number of hydrogen-bond donors (Lipinski definition) is 2. The van der Waals surface area contributed by atoms with Crippen molar-refractivity contribution in [3.63, 3.8) is 0 Å². The molecule has 4 rings (SSSR count). The first-order chi connectivity index (χ1) is 12.7. The van der Waals surface area contributed by atoms with Gasteiger partial charge in [-0.25, -0.2) is 0 Å². The average molecular weight is 344 g/mol. The van der Waals surface area contributed by atoms with Crippen LogP contribution in [0.2, 0.25) is 0 Å². The highest BCUT2D eigenvalue weighted by Crippen LogP contribution is 2.28. The molecular formula is C22H20N2O2. The molecule has 0 bridgehead atoms. The maximum absolute atomic E-state index is 12.3. The predicted molar refractivity (Wildman–Crippen MR) is 102 cm³/mol. The standard InChI is InChI=1S/C22H20N2O2/c1-15-9-11-16(12-10-15)14-26-18-6-4-5-17(13-18)21-23-20-8-3-2-7-19(20)22(25)24-21/h2-13,21,23H,14H2,1H3,(H,24,25). The monoisotopic (exact) mass is 344 g/mol. The van der Waals surface area contributed by atoms with Gasteiger partial charge in [0.05, 0.1) is 5.56 Å². The Morgan fingerprint density at radius 1 is 0.923 bits per heavy atom. The highest BCUT2D eigenvalue weighted by atomic mass is 16.5. The van der Waals surface area contributed by atoms with Crippen LogP contribution in [0.4, 0.5) is 5.69 Å². The number of carbonyl (C=O) groups is 1. The van der Waals surface area contributed by atoms with Crippen LogP contribution in [0.25, 0.3) is 0 Å². The van der Waals surface area contributed by atoms with E-state index < -0.39 is 0 Å². The number of carbonyl (C=O) groups excluding carboxylic acids is 1. The summed E-state index contributed by atoms with van der Waals surface area (Å²) in [6.07, 6.45) is -0.277. The molecule has 0 aromatic heterocycles. The van der Waals surface area contributed by atoms with Gasteiger partial charge in [-0.3, -0.25) is 4.79 Å². The first-order valence-electron chi connectivity index (χ1n) is 8.64. The van der Waals surface area contributed by atoms with Crippen LogP contribution >= 0.6 is 0 Å². The lowest BCUT2D eigenvalue weighted by Gasteiger charge is -2.28. The first-order valence-corrected chi connectivity index (χ1v) is 8.64. The van der Waals surface area contributed by atoms with E-state index in [-0.39, 0.29) is 12.1 Å². The summed E-state index contributed by atoms with van der Waals surface area (Å²) in [6, 6.07) is 23.6. The summed E-state index contributed by atoms with van der Waals surface area (Å²) in [5, 5.41) is 6.35. The van der Waals surface area contributed by atoms with E-state index >= 15 is 0 Å². The highest BCUT2D eigenvalue weighted by Gasteiger charge is 2.24. The highest BCUT2D eigenvalue weighted by molar-refractivity contribution is 6.01. The number of nitrogens with one attached hydrogen (secondary N) is 2. The number of anilines is 1. The van der Waals surface area contributed by atoms with Crippen molar-refractivity contribution in [1.82, 2.24) is 5.32 Å². The third kappa shape index (κ3) is 3.40. The van der Waals surface area contributed by atoms with Crippen LogP contribution < -0.4 is 15.4 Å². The lowest BCUT2D eigenvalue weighted by Crippen LogP contribution is -2.38. The molecular weight excluding hydrogens is 324 g/mol. The molecule has 1 heterocycles. The fraction of sp³-hybridized carbons (Fsp3) is 0.136. The molecule has 0 aliphatic carbocycles. The summed E-state index contributed by atoms with van der Waals surface area (Å²) in [6.45, 7) is 2.58. The molecule has 0 fully saturated rings. The van der Waals surface area contributed by atoms with E-state index in [9.17, 15) is 4.79 Å². The van der Waals surface area contributed by atoms with Crippen LogP contribution in [0.3, 0.4) is 0 Å². The van der Waals surface area contributed by atoms with E-state index in [2.05, 4.69) is 41.8 Å². The van der Waals surface area contributed by atoms with Crippen molar-refractivity contribution in [1.29, 1.82) is 0 Å². The summed E-state index contributed by atoms with van der Waals surface area (Å²) < 4.78 is 5.92. The van der Waals surface area contributed by atoms with Gasteiger partial charge in [-0.1, -0.05) is 54.1 Å². The molecule has 1 unspecified atom stereocenters. The number of para-hydroxylation sites is 1. The second-order valence-corrected chi connectivity index (χ2v) is 6.44. The van der Waals surface area contributed by atoms with Crippen LogP contribution in [0, 0.1) is 6.92 Å². The molecule has 0 radical (unpaired) electrons. The number of hydrogen-bond acceptors (Lipinski definition) is 3. The van der Waals surface area contributed by atoms with Gasteiger partial charge in [-0.15, -0.1) is 0 Å². The quantitative estimate of drug-likeness (QED) is 0.736. The van der Waals surface area contributed by atoms with Crippen LogP contribution in [0.1, 0.15) is 33.2 Å². The zero-order valence-electron chi connectivity index (χ0n) is 14.5. The zero-order valence-corrected chi connectivity index (χ0v) is 14.5. The van der Waals surface area contributed by atoms with Crippen LogP contribution in [-0.2, 0) is 6.61 Å². The molecule has 2 N–H and O–H groups in total. The fourth-order valence-corrected chi connectivity index (χ4v) is 3.01. The van der Waals surface area contributed by atoms with Crippen molar-refractivity contribution in [2.75, 3.05) is 5.32 Å². The van der Waals surface area contributed by atoms with E-state index in [0.29, 0.717) is 12.2 Å². The van der Waals surface area contributed by atoms with E-state index in [0.717, 1.165) is 22.6 Å². The molecule has 0 saturated heterocycles. The Labute approximate surface area is 152 Å². The molecule has 26 heavy (non-hydrogen) atoms. The Bertz CT molecular complexity index is 935. The minimum Gasteiger partial charge on any atom is -0.489 e. The summed E-state index contributed by atoms with van der Waals surface area (Å²) >= 11 is 0. The van der Waals surface area contributed by atoms with Crippen molar-refractivity contribution in [3.8, 4) is 5.75 Å². The molecule has 1 aliphatic rings. The Morgan fingerprint density at radius 2 is 1.73 bits per heavy atom. The van der Waals surface area contributed by atoms with E-state index in [1.165, 1.54) is 5.56 Å². The normalized spacial score (nSPS) is 15.6. The maximum Gasteiger partial charge on any atom is 0.255 e. The fourth-order valence-electron chi connectivity index (χ4n) is 3.01. The molecule has 1 amide bonds. The maximum atomic E-state index is 12.3. The number of aryl methyl sites for hydroxylation is 1. The van der Waals surface area contributed by atoms with E-state index in [4.69, 9.17) is 4.74 Å². The molecule has 3 aromatic carbocycles. The van der Waals surface area contributed by atoms with Crippen molar-refractivity contribution >= 4 is 11.6 Å². The Morgan fingerprint density at radius 3 is 2.58 bits per heavy atom. The molecule has 0 saturated carbocycles. The smallest absolute Gasteiger partial charge is 0.255 e. The molecule has 130 valence electrons. The van der Waals surface area contributed by atoms with Crippen LogP contribution in [0.5, 0.6) is 5.75 Å². The second kappa shape index (κ2) is 6.92. The van der Waals surface area contributed by atoms with Gasteiger partial charge < -0.3 is 15.4 Å². The van der Waals surface area contributed by atoms with Gasteiger partial charge in [0.25, 0.3) is 5.91 Å². The largest absolute Gasteiger partial charge is 0.489 e. The topological polar surface area (TPSA) is 50.4 Å². The van der Waals surface area contributed by atoms with E-state index in [1.807, 2.05) is 48.5 Å². The summed E-state index contributed by atoms with van der Waals surface area (Å²) in [5.74, 6) is 0.702. The minimum atomic E-state index is -0.277. The van der Waals surface area contributed by atoms with Gasteiger partial charge in [-0.05, 0) is 42.3 Å². The van der Waals surface area contributed by atoms with Gasteiger partial charge in [0.15, 0.2) is 0 Å². The lowest BCUT2D eigenvalue weighted by atomic mass is 10.1. The summed E-state index contributed by atoms with van der Waals surface area (Å²) in [7, 11) is 0. The lowest BCUT2D eigenvalue weighted by molar-refractivity contribution is 0.0935. The van der Waals surface area contributed by atoms with Crippen LogP contribution in [0.15, 0.2) is 72.8 Å². The summed E-state index contributed by atoms with van der Waals surface area (Å²) in [4.78, 5) is 12.3. The van der Waals surface area contributed by atoms with Crippen molar-refractivity contribution in [2.24, 2.45) is 0 Å². The molecule has 1 atom stereocenters. The van der Waals surface area contributed by atoms with Crippen molar-refractivity contribution in [3.05, 3.63) is 95.1 Å². The van der Waals surface area contributed by atoms with Gasteiger partial charge in [0, 0.05) is 5.69 Å². The third-order valence-electron chi connectivity index (χ3n) is 4.46. The van der Waals surface area contributed by atoms with Crippen LogP contribution in [-0.4, -0.2) is 5.91 Å². The average Bonchev–Trinajstić information content (AvgIpc) is 2.68. The zero-order chi connectivity index (χ0) is 17.9. The minimum absolute atomic E-state index is 0.0738. The molecule has 4 heteroatoms. The number of fused-ring (bicyclic) bond motifs is 1. The number of ether oxygens (including phenoxy) is 1. The van der Waals surface area contributed by atoms with Gasteiger partial charge in [-0.2, -0.15) is 0 Å². The molecule has 0 spiro atoms.